The Morgan fingerprint density at radius 2 is 1.73 bits per heavy atom. The maximum absolute atomic E-state index is 4.46. The molecule has 3 aromatic rings. The number of hydrogen-bond acceptors (Lipinski definition) is 7. The summed E-state index contributed by atoms with van der Waals surface area (Å²) in [6.45, 7) is 9.78. The van der Waals surface area contributed by atoms with E-state index in [0.717, 1.165) is 62.3 Å². The topological polar surface area (TPSA) is 80.8 Å². The minimum absolute atomic E-state index is 0.755. The molecule has 1 aliphatic heterocycles. The van der Waals surface area contributed by atoms with Crippen molar-refractivity contribution in [1.29, 1.82) is 0 Å². The molecule has 0 unspecified atom stereocenters. The van der Waals surface area contributed by atoms with Crippen LogP contribution in [0.1, 0.15) is 11.4 Å². The summed E-state index contributed by atoms with van der Waals surface area (Å²) in [4.78, 5) is 4.72. The lowest BCUT2D eigenvalue weighted by molar-refractivity contribution is 0.243. The van der Waals surface area contributed by atoms with Crippen LogP contribution in [0.15, 0.2) is 30.6 Å². The van der Waals surface area contributed by atoms with Gasteiger partial charge in [-0.25, -0.2) is 4.68 Å². The average molecular weight is 353 g/mol. The van der Waals surface area contributed by atoms with E-state index < -0.39 is 0 Å². The van der Waals surface area contributed by atoms with Crippen LogP contribution in [-0.2, 0) is 6.54 Å². The number of aryl methyl sites for hydroxylation is 2. The zero-order valence-electron chi connectivity index (χ0n) is 15.2. The van der Waals surface area contributed by atoms with Crippen LogP contribution in [0.3, 0.4) is 0 Å². The van der Waals surface area contributed by atoms with Crippen molar-refractivity contribution in [3.05, 3.63) is 42.0 Å². The van der Waals surface area contributed by atoms with Gasteiger partial charge in [-0.15, -0.1) is 15.3 Å². The average Bonchev–Trinajstić information content (AvgIpc) is 3.30. The highest BCUT2D eigenvalue weighted by atomic mass is 15.4. The highest BCUT2D eigenvalue weighted by Gasteiger charge is 2.18. The Bertz CT molecular complexity index is 830. The van der Waals surface area contributed by atoms with E-state index in [1.54, 1.807) is 6.20 Å². The lowest BCUT2D eigenvalue weighted by atomic mass is 10.3. The predicted octanol–water partition coefficient (Wildman–Crippen LogP) is 0.693. The first-order valence-corrected chi connectivity index (χ1v) is 8.88. The van der Waals surface area contributed by atoms with Gasteiger partial charge in [-0.3, -0.25) is 9.58 Å². The van der Waals surface area contributed by atoms with E-state index in [1.165, 1.54) is 0 Å². The molecular weight excluding hydrogens is 330 g/mol. The fraction of sp³-hybridized carbons (Fsp3) is 0.471. The third-order valence-electron chi connectivity index (χ3n) is 4.68. The molecule has 0 aromatic carbocycles. The normalized spacial score (nSPS) is 15.5. The zero-order chi connectivity index (χ0) is 17.9. The molecule has 4 heterocycles. The van der Waals surface area contributed by atoms with Crippen molar-refractivity contribution in [1.82, 2.24) is 39.9 Å². The first-order chi connectivity index (χ1) is 12.7. The maximum atomic E-state index is 4.46. The van der Waals surface area contributed by atoms with Crippen molar-refractivity contribution < 1.29 is 0 Å². The highest BCUT2D eigenvalue weighted by molar-refractivity contribution is 5.40. The summed E-state index contributed by atoms with van der Waals surface area (Å²) >= 11 is 0. The van der Waals surface area contributed by atoms with Gasteiger partial charge in [-0.05, 0) is 32.0 Å². The minimum atomic E-state index is 0.755. The second kappa shape index (κ2) is 7.20. The maximum Gasteiger partial charge on any atom is 0.176 e. The molecule has 0 atom stereocenters. The SMILES string of the molecule is Cc1cc(C)n(-c2ccc(N3CCN(CCn4ccnn4)CC3)nn2)n1. The Morgan fingerprint density at radius 3 is 2.35 bits per heavy atom. The summed E-state index contributed by atoms with van der Waals surface area (Å²) in [5.41, 5.74) is 2.04. The highest BCUT2D eigenvalue weighted by Crippen LogP contribution is 2.15. The Kier molecular flexibility index (Phi) is 4.61. The summed E-state index contributed by atoms with van der Waals surface area (Å²) in [5.74, 6) is 1.68. The lowest BCUT2D eigenvalue weighted by Gasteiger charge is -2.35. The molecule has 3 aromatic heterocycles. The molecule has 0 spiro atoms. The molecule has 26 heavy (non-hydrogen) atoms. The van der Waals surface area contributed by atoms with Gasteiger partial charge < -0.3 is 4.90 Å². The number of piperazine rings is 1. The van der Waals surface area contributed by atoms with E-state index >= 15 is 0 Å². The van der Waals surface area contributed by atoms with Gasteiger partial charge in [-0.2, -0.15) is 5.10 Å². The standard InChI is InChI=1S/C17H23N9/c1-14-13-15(2)26(21-14)17-4-3-16(19-20-17)24-10-7-23(8-11-24)9-12-25-6-5-18-22-25/h3-6,13H,7-12H2,1-2H3. The van der Waals surface area contributed by atoms with Crippen LogP contribution in [-0.4, -0.2) is 72.6 Å². The summed E-state index contributed by atoms with van der Waals surface area (Å²) in [5, 5.41) is 21.1. The van der Waals surface area contributed by atoms with Crippen molar-refractivity contribution >= 4 is 5.82 Å². The number of rotatable bonds is 5. The molecule has 1 fully saturated rings. The quantitative estimate of drug-likeness (QED) is 0.668. The van der Waals surface area contributed by atoms with Crippen molar-refractivity contribution in [3.8, 4) is 5.82 Å². The second-order valence-corrected chi connectivity index (χ2v) is 6.58. The van der Waals surface area contributed by atoms with E-state index in [9.17, 15) is 0 Å². The van der Waals surface area contributed by atoms with Gasteiger partial charge in [0.25, 0.3) is 0 Å². The molecule has 1 aliphatic rings. The third kappa shape index (κ3) is 3.57. The van der Waals surface area contributed by atoms with Gasteiger partial charge >= 0.3 is 0 Å². The molecule has 136 valence electrons. The number of nitrogens with zero attached hydrogens (tertiary/aromatic N) is 9. The molecule has 0 saturated carbocycles. The molecule has 9 heteroatoms. The molecule has 4 rings (SSSR count). The number of aromatic nitrogens is 7. The van der Waals surface area contributed by atoms with E-state index in [1.807, 2.05) is 47.6 Å². The van der Waals surface area contributed by atoms with E-state index in [0.29, 0.717) is 0 Å². The predicted molar refractivity (Wildman–Crippen MR) is 97.3 cm³/mol. The Hall–Kier alpha value is -2.81. The van der Waals surface area contributed by atoms with Gasteiger partial charge in [-0.1, -0.05) is 5.21 Å². The van der Waals surface area contributed by atoms with Crippen molar-refractivity contribution in [2.75, 3.05) is 37.6 Å². The van der Waals surface area contributed by atoms with Gasteiger partial charge in [0.05, 0.1) is 18.4 Å². The van der Waals surface area contributed by atoms with Crippen LogP contribution in [0.2, 0.25) is 0 Å². The van der Waals surface area contributed by atoms with E-state index in [2.05, 4.69) is 35.4 Å². The molecule has 0 bridgehead atoms. The van der Waals surface area contributed by atoms with Crippen LogP contribution in [0.4, 0.5) is 5.82 Å². The lowest BCUT2D eigenvalue weighted by Crippen LogP contribution is -2.47. The van der Waals surface area contributed by atoms with Gasteiger partial charge in [0, 0.05) is 44.6 Å². The fourth-order valence-electron chi connectivity index (χ4n) is 3.26. The fourth-order valence-corrected chi connectivity index (χ4v) is 3.26. The second-order valence-electron chi connectivity index (χ2n) is 6.58. The minimum Gasteiger partial charge on any atom is -0.353 e. The van der Waals surface area contributed by atoms with Gasteiger partial charge in [0.2, 0.25) is 0 Å². The summed E-state index contributed by atoms with van der Waals surface area (Å²) in [7, 11) is 0. The molecule has 1 saturated heterocycles. The molecule has 0 amide bonds. The Morgan fingerprint density at radius 1 is 0.962 bits per heavy atom. The molecule has 0 radical (unpaired) electrons. The van der Waals surface area contributed by atoms with Crippen LogP contribution < -0.4 is 4.90 Å². The summed E-state index contributed by atoms with van der Waals surface area (Å²) in [6.07, 6.45) is 3.61. The van der Waals surface area contributed by atoms with Crippen molar-refractivity contribution in [3.63, 3.8) is 0 Å². The monoisotopic (exact) mass is 353 g/mol. The molecular formula is C17H23N9. The summed E-state index contributed by atoms with van der Waals surface area (Å²) < 4.78 is 3.70. The molecule has 0 aliphatic carbocycles. The first kappa shape index (κ1) is 16.6. The Labute approximate surface area is 152 Å². The van der Waals surface area contributed by atoms with Crippen LogP contribution in [0, 0.1) is 13.8 Å². The number of hydrogen-bond donors (Lipinski definition) is 0. The van der Waals surface area contributed by atoms with Crippen LogP contribution >= 0.6 is 0 Å². The number of anilines is 1. The zero-order valence-corrected chi connectivity index (χ0v) is 15.2. The van der Waals surface area contributed by atoms with Gasteiger partial charge in [0.1, 0.15) is 0 Å². The van der Waals surface area contributed by atoms with Gasteiger partial charge in [0.15, 0.2) is 11.6 Å². The molecule has 0 N–H and O–H groups in total. The summed E-state index contributed by atoms with van der Waals surface area (Å²) in [6, 6.07) is 6.05. The Balaban J connectivity index is 1.33. The third-order valence-corrected chi connectivity index (χ3v) is 4.68. The molecule has 9 nitrogen and oxygen atoms in total. The largest absolute Gasteiger partial charge is 0.353 e. The van der Waals surface area contributed by atoms with E-state index in [-0.39, 0.29) is 0 Å². The van der Waals surface area contributed by atoms with Crippen molar-refractivity contribution in [2.24, 2.45) is 0 Å². The first-order valence-electron chi connectivity index (χ1n) is 8.88. The van der Waals surface area contributed by atoms with E-state index in [4.69, 9.17) is 0 Å². The van der Waals surface area contributed by atoms with Crippen LogP contribution in [0.25, 0.3) is 5.82 Å². The smallest absolute Gasteiger partial charge is 0.176 e. The van der Waals surface area contributed by atoms with Crippen LogP contribution in [0.5, 0.6) is 0 Å². The van der Waals surface area contributed by atoms with Crippen molar-refractivity contribution in [2.45, 2.75) is 20.4 Å².